The number of carbonyl (C=O) groups excluding carboxylic acids is 3. The molecule has 28 heavy (non-hydrogen) atoms. The predicted molar refractivity (Wildman–Crippen MR) is 105 cm³/mol. The zero-order chi connectivity index (χ0) is 19.5. The standard InChI is InChI=1S/C19H15N5O3S/c25-16(24-19-23-15(10-28-19)11-4-3-7-20-9-11)8-14-18(27)21-13-6-2-1-5-12(13)17(26)22-14/h1-7,9-10,14H,8H2,(H,21,27)(H,22,26)(H,23,24,25)/t14-/m1/s1. The van der Waals surface area contributed by atoms with E-state index in [0.717, 1.165) is 5.56 Å². The molecule has 1 aromatic carbocycles. The number of hydrogen-bond acceptors (Lipinski definition) is 6. The molecule has 1 aliphatic rings. The highest BCUT2D eigenvalue weighted by molar-refractivity contribution is 7.14. The molecule has 9 heteroatoms. The predicted octanol–water partition coefficient (Wildman–Crippen LogP) is 2.28. The van der Waals surface area contributed by atoms with Crippen molar-refractivity contribution in [3.63, 3.8) is 0 Å². The van der Waals surface area contributed by atoms with Gasteiger partial charge >= 0.3 is 0 Å². The van der Waals surface area contributed by atoms with Crippen LogP contribution in [0.4, 0.5) is 10.8 Å². The average Bonchev–Trinajstić information content (AvgIpc) is 3.12. The lowest BCUT2D eigenvalue weighted by Gasteiger charge is -2.13. The molecule has 0 saturated carbocycles. The Labute approximate surface area is 164 Å². The van der Waals surface area contributed by atoms with Crippen LogP contribution in [-0.4, -0.2) is 33.7 Å². The lowest BCUT2D eigenvalue weighted by atomic mass is 10.1. The summed E-state index contributed by atoms with van der Waals surface area (Å²) in [6.45, 7) is 0. The summed E-state index contributed by atoms with van der Waals surface area (Å²) in [4.78, 5) is 45.5. The molecular formula is C19H15N5O3S. The van der Waals surface area contributed by atoms with Crippen LogP contribution in [0.5, 0.6) is 0 Å². The Morgan fingerprint density at radius 1 is 1.18 bits per heavy atom. The van der Waals surface area contributed by atoms with Gasteiger partial charge in [0.15, 0.2) is 5.13 Å². The molecule has 0 spiro atoms. The molecule has 8 nitrogen and oxygen atoms in total. The number of carbonyl (C=O) groups is 3. The van der Waals surface area contributed by atoms with Crippen molar-refractivity contribution < 1.29 is 14.4 Å². The number of anilines is 2. The highest BCUT2D eigenvalue weighted by Gasteiger charge is 2.29. The van der Waals surface area contributed by atoms with Gasteiger partial charge in [0, 0.05) is 23.3 Å². The van der Waals surface area contributed by atoms with Crippen molar-refractivity contribution in [2.75, 3.05) is 10.6 Å². The van der Waals surface area contributed by atoms with E-state index in [1.54, 1.807) is 42.7 Å². The van der Waals surface area contributed by atoms with Crippen molar-refractivity contribution in [1.29, 1.82) is 0 Å². The van der Waals surface area contributed by atoms with Crippen molar-refractivity contribution in [3.8, 4) is 11.3 Å². The number of nitrogens with one attached hydrogen (secondary N) is 3. The number of amides is 3. The maximum Gasteiger partial charge on any atom is 0.254 e. The number of aromatic nitrogens is 2. The summed E-state index contributed by atoms with van der Waals surface area (Å²) < 4.78 is 0. The maximum atomic E-state index is 12.4. The fourth-order valence-electron chi connectivity index (χ4n) is 2.79. The van der Waals surface area contributed by atoms with E-state index in [2.05, 4.69) is 25.9 Å². The van der Waals surface area contributed by atoms with Gasteiger partial charge in [-0.05, 0) is 24.3 Å². The van der Waals surface area contributed by atoms with Crippen LogP contribution in [0, 0.1) is 0 Å². The molecule has 3 heterocycles. The van der Waals surface area contributed by atoms with Gasteiger partial charge in [-0.25, -0.2) is 4.98 Å². The summed E-state index contributed by atoms with van der Waals surface area (Å²) in [5.74, 6) is -1.26. The average molecular weight is 393 g/mol. The van der Waals surface area contributed by atoms with Crippen LogP contribution in [0.1, 0.15) is 16.8 Å². The van der Waals surface area contributed by atoms with E-state index >= 15 is 0 Å². The molecule has 4 rings (SSSR count). The van der Waals surface area contributed by atoms with E-state index in [-0.39, 0.29) is 6.42 Å². The first-order chi connectivity index (χ1) is 13.6. The van der Waals surface area contributed by atoms with Gasteiger partial charge in [-0.1, -0.05) is 12.1 Å². The largest absolute Gasteiger partial charge is 0.340 e. The molecule has 3 aromatic rings. The van der Waals surface area contributed by atoms with E-state index in [9.17, 15) is 14.4 Å². The minimum absolute atomic E-state index is 0.201. The summed E-state index contributed by atoms with van der Waals surface area (Å²) in [5, 5.41) is 10.2. The van der Waals surface area contributed by atoms with Gasteiger partial charge in [0.1, 0.15) is 6.04 Å². The van der Waals surface area contributed by atoms with E-state index in [0.29, 0.717) is 22.1 Å². The Balaban J connectivity index is 1.42. The fourth-order valence-corrected chi connectivity index (χ4v) is 3.52. The van der Waals surface area contributed by atoms with Gasteiger partial charge in [-0.15, -0.1) is 11.3 Å². The molecule has 0 saturated heterocycles. The quantitative estimate of drug-likeness (QED) is 0.629. The van der Waals surface area contributed by atoms with Crippen molar-refractivity contribution in [1.82, 2.24) is 15.3 Å². The molecule has 0 bridgehead atoms. The van der Waals surface area contributed by atoms with Crippen LogP contribution in [0.2, 0.25) is 0 Å². The van der Waals surface area contributed by atoms with Crippen molar-refractivity contribution >= 4 is 39.9 Å². The molecule has 1 atom stereocenters. The first kappa shape index (κ1) is 17.8. The molecule has 0 unspecified atom stereocenters. The molecular weight excluding hydrogens is 378 g/mol. The minimum atomic E-state index is -0.974. The second kappa shape index (κ2) is 7.57. The van der Waals surface area contributed by atoms with Crippen LogP contribution in [-0.2, 0) is 9.59 Å². The topological polar surface area (TPSA) is 113 Å². The van der Waals surface area contributed by atoms with Gasteiger partial charge < -0.3 is 16.0 Å². The highest BCUT2D eigenvalue weighted by atomic mass is 32.1. The highest BCUT2D eigenvalue weighted by Crippen LogP contribution is 2.24. The Morgan fingerprint density at radius 2 is 2.04 bits per heavy atom. The maximum absolute atomic E-state index is 12.4. The molecule has 0 aliphatic carbocycles. The number of nitrogens with zero attached hydrogens (tertiary/aromatic N) is 2. The van der Waals surface area contributed by atoms with Crippen molar-refractivity contribution in [3.05, 3.63) is 59.7 Å². The summed E-state index contributed by atoms with van der Waals surface area (Å²) in [7, 11) is 0. The monoisotopic (exact) mass is 393 g/mol. The van der Waals surface area contributed by atoms with E-state index in [1.165, 1.54) is 11.3 Å². The summed E-state index contributed by atoms with van der Waals surface area (Å²) in [6.07, 6.45) is 3.15. The third-order valence-corrected chi connectivity index (χ3v) is 4.91. The number of para-hydroxylation sites is 1. The SMILES string of the molecule is O=C(C[C@H]1NC(=O)c2ccccc2NC1=O)Nc1nc(-c2cccnc2)cs1. The Hall–Kier alpha value is -3.59. The molecule has 2 aromatic heterocycles. The van der Waals surface area contributed by atoms with Crippen LogP contribution in [0.25, 0.3) is 11.3 Å². The van der Waals surface area contributed by atoms with Gasteiger partial charge in [0.25, 0.3) is 5.91 Å². The first-order valence-electron chi connectivity index (χ1n) is 8.47. The second-order valence-electron chi connectivity index (χ2n) is 6.09. The van der Waals surface area contributed by atoms with Gasteiger partial charge in [0.2, 0.25) is 11.8 Å². The van der Waals surface area contributed by atoms with Crippen LogP contribution in [0.15, 0.2) is 54.2 Å². The van der Waals surface area contributed by atoms with Crippen LogP contribution in [0.3, 0.4) is 0 Å². The van der Waals surface area contributed by atoms with Crippen molar-refractivity contribution in [2.24, 2.45) is 0 Å². The lowest BCUT2D eigenvalue weighted by Crippen LogP contribution is -2.43. The molecule has 0 radical (unpaired) electrons. The summed E-state index contributed by atoms with van der Waals surface area (Å²) in [6, 6.07) is 9.39. The number of rotatable bonds is 4. The van der Waals surface area contributed by atoms with Crippen LogP contribution >= 0.6 is 11.3 Å². The fraction of sp³-hybridized carbons (Fsp3) is 0.105. The zero-order valence-electron chi connectivity index (χ0n) is 14.5. The number of fused-ring (bicyclic) bond motifs is 1. The lowest BCUT2D eigenvalue weighted by molar-refractivity contribution is -0.122. The molecule has 0 fully saturated rings. The van der Waals surface area contributed by atoms with E-state index < -0.39 is 23.8 Å². The Kier molecular flexibility index (Phi) is 4.81. The minimum Gasteiger partial charge on any atom is -0.340 e. The van der Waals surface area contributed by atoms with Gasteiger partial charge in [-0.2, -0.15) is 0 Å². The number of hydrogen-bond donors (Lipinski definition) is 3. The van der Waals surface area contributed by atoms with E-state index in [4.69, 9.17) is 0 Å². The number of thiazole rings is 1. The normalized spacial score (nSPS) is 15.8. The molecule has 1 aliphatic heterocycles. The molecule has 3 amide bonds. The summed E-state index contributed by atoms with van der Waals surface area (Å²) in [5.41, 5.74) is 2.32. The molecule has 140 valence electrons. The summed E-state index contributed by atoms with van der Waals surface area (Å²) >= 11 is 1.27. The van der Waals surface area contributed by atoms with Gasteiger partial charge in [-0.3, -0.25) is 19.4 Å². The first-order valence-corrected chi connectivity index (χ1v) is 9.34. The number of pyridine rings is 1. The Morgan fingerprint density at radius 3 is 2.86 bits per heavy atom. The zero-order valence-corrected chi connectivity index (χ0v) is 15.3. The molecule has 3 N–H and O–H groups in total. The number of benzene rings is 1. The van der Waals surface area contributed by atoms with Gasteiger partial charge in [0.05, 0.1) is 23.4 Å². The Bertz CT molecular complexity index is 1050. The van der Waals surface area contributed by atoms with E-state index in [1.807, 2.05) is 11.4 Å². The van der Waals surface area contributed by atoms with Crippen LogP contribution < -0.4 is 16.0 Å². The third-order valence-electron chi connectivity index (χ3n) is 4.15. The second-order valence-corrected chi connectivity index (χ2v) is 6.95. The third kappa shape index (κ3) is 3.74. The van der Waals surface area contributed by atoms with Crippen molar-refractivity contribution in [2.45, 2.75) is 12.5 Å². The smallest absolute Gasteiger partial charge is 0.254 e.